The summed E-state index contributed by atoms with van der Waals surface area (Å²) in [4.78, 5) is 14.2. The summed E-state index contributed by atoms with van der Waals surface area (Å²) in [6, 6.07) is 8.54. The zero-order valence-corrected chi connectivity index (χ0v) is 15.4. The van der Waals surface area contributed by atoms with Crippen LogP contribution >= 0.6 is 0 Å². The van der Waals surface area contributed by atoms with Crippen molar-refractivity contribution in [1.82, 2.24) is 0 Å². The average Bonchev–Trinajstić information content (AvgIpc) is 2.60. The summed E-state index contributed by atoms with van der Waals surface area (Å²) >= 11 is 0. The molecule has 0 saturated carbocycles. The highest BCUT2D eigenvalue weighted by Gasteiger charge is 2.35. The molecule has 1 saturated heterocycles. The number of benzene rings is 2. The Balaban J connectivity index is 1.79. The van der Waals surface area contributed by atoms with Crippen molar-refractivity contribution in [2.24, 2.45) is 0 Å². The first-order valence-electron chi connectivity index (χ1n) is 8.82. The molecule has 150 valence electrons. The largest absolute Gasteiger partial charge is 0.417 e. The molecule has 1 aliphatic rings. The van der Waals surface area contributed by atoms with Gasteiger partial charge in [0, 0.05) is 18.8 Å². The zero-order valence-electron chi connectivity index (χ0n) is 15.4. The van der Waals surface area contributed by atoms with E-state index in [9.17, 15) is 22.4 Å². The number of rotatable bonds is 3. The van der Waals surface area contributed by atoms with Crippen LogP contribution in [0, 0.1) is 5.82 Å². The monoisotopic (exact) mass is 396 g/mol. The van der Waals surface area contributed by atoms with E-state index in [2.05, 4.69) is 5.32 Å². The second-order valence-electron chi connectivity index (χ2n) is 6.83. The van der Waals surface area contributed by atoms with Crippen molar-refractivity contribution in [2.45, 2.75) is 32.2 Å². The minimum Gasteiger partial charge on any atom is -0.372 e. The maximum atomic E-state index is 14.6. The van der Waals surface area contributed by atoms with E-state index >= 15 is 0 Å². The molecule has 4 nitrogen and oxygen atoms in total. The maximum absolute atomic E-state index is 14.6. The quantitative estimate of drug-likeness (QED) is 0.764. The van der Waals surface area contributed by atoms with Crippen LogP contribution in [0.1, 0.15) is 29.8 Å². The van der Waals surface area contributed by atoms with E-state index < -0.39 is 29.0 Å². The van der Waals surface area contributed by atoms with Crippen LogP contribution < -0.4 is 10.2 Å². The molecule has 1 heterocycles. The Morgan fingerprint density at radius 3 is 2.36 bits per heavy atom. The highest BCUT2D eigenvalue weighted by molar-refractivity contribution is 6.05. The van der Waals surface area contributed by atoms with Crippen LogP contribution in [0.25, 0.3) is 0 Å². The van der Waals surface area contributed by atoms with Gasteiger partial charge in [-0.15, -0.1) is 0 Å². The van der Waals surface area contributed by atoms with Crippen LogP contribution in [0.4, 0.5) is 28.9 Å². The highest BCUT2D eigenvalue weighted by atomic mass is 19.4. The van der Waals surface area contributed by atoms with E-state index in [1.165, 1.54) is 24.3 Å². The molecule has 2 aromatic rings. The highest BCUT2D eigenvalue weighted by Crippen LogP contribution is 2.32. The van der Waals surface area contributed by atoms with E-state index in [-0.39, 0.29) is 17.9 Å². The number of hydrogen-bond donors (Lipinski definition) is 1. The molecule has 2 unspecified atom stereocenters. The molecular formula is C20H20F4N2O2. The van der Waals surface area contributed by atoms with Gasteiger partial charge in [0.05, 0.1) is 29.0 Å². The van der Waals surface area contributed by atoms with Crippen molar-refractivity contribution in [2.75, 3.05) is 23.3 Å². The number of morpholine rings is 1. The standard InChI is InChI=1S/C20H20F4N2O2/c1-12-10-26(11-13(2)28-12)18-8-7-14(9-17(18)21)25-19(27)15-5-3-4-6-16(15)20(22,23)24/h3-9,12-13H,10-11H2,1-2H3,(H,25,27). The lowest BCUT2D eigenvalue weighted by atomic mass is 10.1. The predicted octanol–water partition coefficient (Wildman–Crippen LogP) is 4.71. The Kier molecular flexibility index (Phi) is 5.60. The fraction of sp³-hybridized carbons (Fsp3) is 0.350. The number of hydrogen-bond acceptors (Lipinski definition) is 3. The summed E-state index contributed by atoms with van der Waals surface area (Å²) in [5, 5.41) is 2.34. The van der Waals surface area contributed by atoms with Gasteiger partial charge < -0.3 is 15.0 Å². The summed E-state index contributed by atoms with van der Waals surface area (Å²) in [6.07, 6.45) is -4.77. The van der Waals surface area contributed by atoms with Crippen LogP contribution in [-0.4, -0.2) is 31.2 Å². The van der Waals surface area contributed by atoms with Gasteiger partial charge in [-0.25, -0.2) is 4.39 Å². The van der Waals surface area contributed by atoms with Gasteiger partial charge in [0.25, 0.3) is 5.91 Å². The van der Waals surface area contributed by atoms with Crippen molar-refractivity contribution in [3.8, 4) is 0 Å². The normalized spacial score (nSPS) is 20.1. The summed E-state index contributed by atoms with van der Waals surface area (Å²) in [5.41, 5.74) is -1.12. The molecule has 0 radical (unpaired) electrons. The van der Waals surface area contributed by atoms with Crippen LogP contribution in [0.3, 0.4) is 0 Å². The fourth-order valence-corrected chi connectivity index (χ4v) is 3.34. The summed E-state index contributed by atoms with van der Waals surface area (Å²) < 4.78 is 59.5. The Hall–Kier alpha value is -2.61. The van der Waals surface area contributed by atoms with Gasteiger partial charge in [-0.05, 0) is 44.2 Å². The van der Waals surface area contributed by atoms with Crippen molar-refractivity contribution >= 4 is 17.3 Å². The number of ether oxygens (including phenoxy) is 1. The van der Waals surface area contributed by atoms with Crippen LogP contribution in [0.2, 0.25) is 0 Å². The second-order valence-corrected chi connectivity index (χ2v) is 6.83. The summed E-state index contributed by atoms with van der Waals surface area (Å²) in [5.74, 6) is -1.52. The van der Waals surface area contributed by atoms with Gasteiger partial charge >= 0.3 is 6.18 Å². The number of halogens is 4. The molecule has 0 bridgehead atoms. The zero-order chi connectivity index (χ0) is 20.5. The molecule has 0 aliphatic carbocycles. The number of nitrogens with one attached hydrogen (secondary N) is 1. The lowest BCUT2D eigenvalue weighted by Crippen LogP contribution is -2.45. The molecule has 1 amide bonds. The van der Waals surface area contributed by atoms with Crippen LogP contribution in [0.15, 0.2) is 42.5 Å². The van der Waals surface area contributed by atoms with Crippen molar-refractivity contribution in [1.29, 1.82) is 0 Å². The van der Waals surface area contributed by atoms with Gasteiger partial charge in [-0.1, -0.05) is 12.1 Å². The molecule has 1 N–H and O–H groups in total. The number of carbonyl (C=O) groups is 1. The maximum Gasteiger partial charge on any atom is 0.417 e. The molecule has 2 aromatic carbocycles. The molecule has 1 fully saturated rings. The lowest BCUT2D eigenvalue weighted by molar-refractivity contribution is -0.137. The first-order chi connectivity index (χ1) is 13.1. The summed E-state index contributed by atoms with van der Waals surface area (Å²) in [6.45, 7) is 4.83. The van der Waals surface area contributed by atoms with Gasteiger partial charge in [0.1, 0.15) is 5.82 Å². The number of anilines is 2. The second kappa shape index (κ2) is 7.79. The van der Waals surface area contributed by atoms with E-state index in [4.69, 9.17) is 4.74 Å². The third kappa shape index (κ3) is 4.44. The van der Waals surface area contributed by atoms with Gasteiger partial charge in [0.15, 0.2) is 0 Å². The van der Waals surface area contributed by atoms with E-state index in [0.717, 1.165) is 18.2 Å². The Bertz CT molecular complexity index is 860. The third-order valence-electron chi connectivity index (χ3n) is 4.44. The molecule has 1 aliphatic heterocycles. The minimum absolute atomic E-state index is 0.0543. The molecule has 2 atom stereocenters. The molecular weight excluding hydrogens is 376 g/mol. The number of amides is 1. The van der Waals surface area contributed by atoms with Gasteiger partial charge in [-0.3, -0.25) is 4.79 Å². The Morgan fingerprint density at radius 1 is 1.11 bits per heavy atom. The van der Waals surface area contributed by atoms with Gasteiger partial charge in [-0.2, -0.15) is 13.2 Å². The summed E-state index contributed by atoms with van der Waals surface area (Å²) in [7, 11) is 0. The predicted molar refractivity (Wildman–Crippen MR) is 98.0 cm³/mol. The Morgan fingerprint density at radius 2 is 1.75 bits per heavy atom. The molecule has 3 rings (SSSR count). The molecule has 0 aromatic heterocycles. The van der Waals surface area contributed by atoms with Gasteiger partial charge in [0.2, 0.25) is 0 Å². The first kappa shape index (κ1) is 20.1. The van der Waals surface area contributed by atoms with Crippen molar-refractivity contribution in [3.05, 3.63) is 59.4 Å². The molecule has 0 spiro atoms. The third-order valence-corrected chi connectivity index (χ3v) is 4.44. The van der Waals surface area contributed by atoms with Crippen LogP contribution in [0.5, 0.6) is 0 Å². The SMILES string of the molecule is CC1CN(c2ccc(NC(=O)c3ccccc3C(F)(F)F)cc2F)CC(C)O1. The average molecular weight is 396 g/mol. The number of nitrogens with zero attached hydrogens (tertiary/aromatic N) is 1. The fourth-order valence-electron chi connectivity index (χ4n) is 3.34. The smallest absolute Gasteiger partial charge is 0.372 e. The van der Waals surface area contributed by atoms with E-state index in [1.807, 2.05) is 18.7 Å². The minimum atomic E-state index is -4.66. The lowest BCUT2D eigenvalue weighted by Gasteiger charge is -2.37. The topological polar surface area (TPSA) is 41.6 Å². The van der Waals surface area contributed by atoms with E-state index in [1.54, 1.807) is 0 Å². The van der Waals surface area contributed by atoms with Crippen molar-refractivity contribution < 1.29 is 27.1 Å². The van der Waals surface area contributed by atoms with Crippen LogP contribution in [-0.2, 0) is 10.9 Å². The van der Waals surface area contributed by atoms with Crippen molar-refractivity contribution in [3.63, 3.8) is 0 Å². The first-order valence-corrected chi connectivity index (χ1v) is 8.82. The Labute approximate surface area is 160 Å². The molecule has 8 heteroatoms. The van der Waals surface area contributed by atoms with E-state index in [0.29, 0.717) is 18.8 Å². The number of carbonyl (C=O) groups excluding carboxylic acids is 1. The number of alkyl halides is 3. The molecule has 28 heavy (non-hydrogen) atoms.